The van der Waals surface area contributed by atoms with Crippen molar-refractivity contribution in [1.82, 2.24) is 0 Å². The zero-order valence-corrected chi connectivity index (χ0v) is 5.17. The number of carbonyl (C=O) groups excluding carboxylic acids is 1. The average Bonchev–Trinajstić information content (AvgIpc) is 1.68. The third-order valence-corrected chi connectivity index (χ3v) is 1.56. The first-order valence-electron chi connectivity index (χ1n) is 1.21. The van der Waals surface area contributed by atoms with Gasteiger partial charge in [0, 0.05) is 9.47 Å². The molecule has 0 amide bonds. The van der Waals surface area contributed by atoms with E-state index in [4.69, 9.17) is 0 Å². The van der Waals surface area contributed by atoms with Crippen molar-refractivity contribution in [2.45, 2.75) is 0 Å². The van der Waals surface area contributed by atoms with Crippen LogP contribution in [0.3, 0.4) is 0 Å². The fourth-order valence-corrected chi connectivity index (χ4v) is 0.204. The van der Waals surface area contributed by atoms with Gasteiger partial charge in [-0.05, 0) is 0 Å². The van der Waals surface area contributed by atoms with E-state index < -0.39 is 10.1 Å². The summed E-state index contributed by atoms with van der Waals surface area (Å²) in [7, 11) is -2.43. The molecule has 1 atom stereocenters. The van der Waals surface area contributed by atoms with Gasteiger partial charge in [0.25, 0.3) is 5.62 Å². The second-order valence-electron chi connectivity index (χ2n) is 0.685. The van der Waals surface area contributed by atoms with Crippen LogP contribution in [0.5, 0.6) is 0 Å². The molecular weight excluding hydrogens is 139 g/mol. The molecule has 0 aromatic rings. The van der Waals surface area contributed by atoms with Crippen molar-refractivity contribution < 1.29 is 17.2 Å². The molecule has 0 aliphatic carbocycles. The minimum absolute atomic E-state index is 0.278. The van der Waals surface area contributed by atoms with Crippen LogP contribution in [0.2, 0.25) is 0 Å². The van der Waals surface area contributed by atoms with E-state index in [1.165, 1.54) is 9.47 Å². The Kier molecular flexibility index (Phi) is 2.35. The van der Waals surface area contributed by atoms with Crippen LogP contribution in [0.15, 0.2) is 0 Å². The van der Waals surface area contributed by atoms with Crippen LogP contribution in [0, 0.1) is 0 Å². The summed E-state index contributed by atoms with van der Waals surface area (Å²) in [6.07, 6.45) is 0. The van der Waals surface area contributed by atoms with E-state index >= 15 is 0 Å². The van der Waals surface area contributed by atoms with Crippen LogP contribution < -0.4 is 0 Å². The summed E-state index contributed by atoms with van der Waals surface area (Å²) in [6, 6.07) is 0. The van der Waals surface area contributed by atoms with Crippen LogP contribution >= 0.6 is 9.47 Å². The molecule has 0 radical (unpaired) electrons. The van der Waals surface area contributed by atoms with E-state index in [9.17, 15) is 13.2 Å². The van der Waals surface area contributed by atoms with E-state index in [0.29, 0.717) is 0 Å². The van der Waals surface area contributed by atoms with E-state index in [-0.39, 0.29) is 5.62 Å². The second kappa shape index (κ2) is 2.35. The summed E-state index contributed by atoms with van der Waals surface area (Å²) in [5.41, 5.74) is -0.278. The Morgan fingerprint density at radius 2 is 2.00 bits per heavy atom. The maximum Gasteiger partial charge on any atom is 0.330 e. The Morgan fingerprint density at radius 1 is 1.57 bits per heavy atom. The van der Waals surface area contributed by atoms with Crippen molar-refractivity contribution in [3.63, 3.8) is 0 Å². The summed E-state index contributed by atoms with van der Waals surface area (Å²) in [5.74, 6) is 0. The summed E-state index contributed by atoms with van der Waals surface area (Å²) in [5, 5.41) is 0. The van der Waals surface area contributed by atoms with Gasteiger partial charge in [-0.15, -0.1) is 0 Å². The molecule has 0 aliphatic heterocycles. The van der Waals surface area contributed by atoms with E-state index in [1.54, 1.807) is 0 Å². The summed E-state index contributed by atoms with van der Waals surface area (Å²) in [6.45, 7) is 0. The molecule has 1 unspecified atom stereocenters. The van der Waals surface area contributed by atoms with Gasteiger partial charge < -0.3 is 0 Å². The number of rotatable bonds is 2. The van der Waals surface area contributed by atoms with Gasteiger partial charge in [-0.3, -0.25) is 4.79 Å². The normalized spacial score (nSPS) is 11.0. The van der Waals surface area contributed by atoms with Gasteiger partial charge in [0.1, 0.15) is 0 Å². The first kappa shape index (κ1) is 7.01. The Bertz CT molecular complexity index is 145. The van der Waals surface area contributed by atoms with Crippen molar-refractivity contribution in [2.24, 2.45) is 0 Å². The highest BCUT2D eigenvalue weighted by atomic mass is 32.2. The third kappa shape index (κ3) is 2.68. The van der Waals surface area contributed by atoms with Crippen LogP contribution in [-0.4, -0.2) is 14.0 Å². The van der Waals surface area contributed by atoms with Crippen molar-refractivity contribution in [1.29, 1.82) is 0 Å². The second-order valence-corrected chi connectivity index (χ2v) is 2.63. The first-order valence-corrected chi connectivity index (χ1v) is 3.15. The van der Waals surface area contributed by atoms with Crippen LogP contribution in [0.25, 0.3) is 0 Å². The van der Waals surface area contributed by atoms with Gasteiger partial charge in [-0.1, -0.05) is 0 Å². The monoisotopic (exact) mass is 142 g/mol. The molecule has 0 saturated heterocycles. The molecule has 6 heteroatoms. The fraction of sp³-hybridized carbons (Fsp3) is 0. The SMILES string of the molecule is O=CS(=O)(=O)OP. The van der Waals surface area contributed by atoms with Gasteiger partial charge in [-0.2, -0.15) is 8.42 Å². The Balaban J connectivity index is 4.17. The predicted molar refractivity (Wildman–Crippen MR) is 26.5 cm³/mol. The smallest absolute Gasteiger partial charge is 0.283 e. The van der Waals surface area contributed by atoms with E-state index in [0.717, 1.165) is 0 Å². The minimum Gasteiger partial charge on any atom is -0.283 e. The first-order chi connectivity index (χ1) is 3.12. The largest absolute Gasteiger partial charge is 0.330 e. The Morgan fingerprint density at radius 3 is 2.00 bits per heavy atom. The molecule has 0 spiro atoms. The molecule has 42 valence electrons. The average molecular weight is 142 g/mol. The maximum absolute atomic E-state index is 9.76. The lowest BCUT2D eigenvalue weighted by atomic mass is 11.8. The van der Waals surface area contributed by atoms with Crippen molar-refractivity contribution in [3.8, 4) is 0 Å². The highest BCUT2D eigenvalue weighted by molar-refractivity contribution is 8.01. The lowest BCUT2D eigenvalue weighted by Gasteiger charge is -1.82. The zero-order chi connectivity index (χ0) is 5.91. The fourth-order valence-electron chi connectivity index (χ4n) is 0.0227. The molecule has 0 bridgehead atoms. The molecule has 0 N–H and O–H groups in total. The van der Waals surface area contributed by atoms with Crippen LogP contribution in [-0.2, 0) is 18.9 Å². The van der Waals surface area contributed by atoms with Crippen molar-refractivity contribution in [3.05, 3.63) is 0 Å². The molecule has 7 heavy (non-hydrogen) atoms. The van der Waals surface area contributed by atoms with Crippen molar-refractivity contribution in [2.75, 3.05) is 0 Å². The molecular formula is CH3O4PS. The lowest BCUT2D eigenvalue weighted by Crippen LogP contribution is -1.97. The molecule has 4 nitrogen and oxygen atoms in total. The number of hydrogen-bond donors (Lipinski definition) is 0. The summed E-state index contributed by atoms with van der Waals surface area (Å²) < 4.78 is 23.1. The van der Waals surface area contributed by atoms with E-state index in [2.05, 4.69) is 3.97 Å². The lowest BCUT2D eigenvalue weighted by molar-refractivity contribution is 0.515. The number of hydrogen-bond acceptors (Lipinski definition) is 4. The van der Waals surface area contributed by atoms with Gasteiger partial charge in [0.2, 0.25) is 0 Å². The van der Waals surface area contributed by atoms with Gasteiger partial charge in [-0.25, -0.2) is 3.97 Å². The van der Waals surface area contributed by atoms with Crippen LogP contribution in [0.1, 0.15) is 0 Å². The predicted octanol–water partition coefficient (Wildman–Crippen LogP) is -0.687. The molecule has 0 aromatic carbocycles. The zero-order valence-electron chi connectivity index (χ0n) is 3.20. The molecule has 0 aromatic heterocycles. The molecule has 0 rings (SSSR count). The highest BCUT2D eigenvalue weighted by Gasteiger charge is 2.01. The Hall–Kier alpha value is 0.01000. The highest BCUT2D eigenvalue weighted by Crippen LogP contribution is 1.92. The van der Waals surface area contributed by atoms with Crippen molar-refractivity contribution >= 4 is 25.2 Å². The summed E-state index contributed by atoms with van der Waals surface area (Å²) >= 11 is 0. The topological polar surface area (TPSA) is 60.4 Å². The Labute approximate surface area is 43.3 Å². The van der Waals surface area contributed by atoms with E-state index in [1.807, 2.05) is 0 Å². The maximum atomic E-state index is 9.76. The summed E-state index contributed by atoms with van der Waals surface area (Å²) in [4.78, 5) is 9.33. The molecule has 0 saturated carbocycles. The standard InChI is InChI=1S/CH3O4PS/c2-1-7(3,4)5-6/h1H,6H2. The van der Waals surface area contributed by atoms with Gasteiger partial charge in [0.15, 0.2) is 0 Å². The van der Waals surface area contributed by atoms with Crippen LogP contribution in [0.4, 0.5) is 0 Å². The molecule has 0 aliphatic rings. The quantitative estimate of drug-likeness (QED) is 0.378. The van der Waals surface area contributed by atoms with Gasteiger partial charge >= 0.3 is 10.1 Å². The molecule has 0 heterocycles. The minimum atomic E-state index is -3.87. The number of carbonyl (C=O) groups is 1. The molecule has 0 fully saturated rings. The van der Waals surface area contributed by atoms with Gasteiger partial charge in [0.05, 0.1) is 0 Å². The third-order valence-electron chi connectivity index (χ3n) is 0.252.